The van der Waals surface area contributed by atoms with Crippen LogP contribution in [0.5, 0.6) is 5.75 Å². The number of aliphatic hydroxyl groups excluding tert-OH is 1. The van der Waals surface area contributed by atoms with Gasteiger partial charge in [-0.05, 0) is 17.7 Å². The number of ether oxygens (including phenoxy) is 2. The molecule has 0 heterocycles. The first-order chi connectivity index (χ1) is 13.1. The second-order valence-electron chi connectivity index (χ2n) is 5.22. The molecule has 0 aliphatic heterocycles. The van der Waals surface area contributed by atoms with Crippen LogP contribution in [-0.2, 0) is 16.1 Å². The van der Waals surface area contributed by atoms with Crippen molar-refractivity contribution in [3.05, 3.63) is 66.2 Å². The number of rotatable bonds is 9. The van der Waals surface area contributed by atoms with Gasteiger partial charge in [0.1, 0.15) is 25.1 Å². The molecule has 2 rings (SSSR count). The minimum Gasteiger partial charge on any atom is -0.491 e. The molecule has 2 aromatic carbocycles. The zero-order valence-electron chi connectivity index (χ0n) is 16.3. The third-order valence-electron chi connectivity index (χ3n) is 3.01. The lowest BCUT2D eigenvalue weighted by atomic mass is 10.2. The second-order valence-corrected chi connectivity index (χ2v) is 5.22. The van der Waals surface area contributed by atoms with Crippen LogP contribution < -0.4 is 10.1 Å². The van der Waals surface area contributed by atoms with Crippen LogP contribution in [0.3, 0.4) is 0 Å². The lowest BCUT2D eigenvalue weighted by molar-refractivity contribution is -0.141. The molecule has 6 heteroatoms. The molecule has 6 nitrogen and oxygen atoms in total. The summed E-state index contributed by atoms with van der Waals surface area (Å²) in [4.78, 5) is 9.47. The summed E-state index contributed by atoms with van der Waals surface area (Å²) in [5, 5.41) is 20.8. The summed E-state index contributed by atoms with van der Waals surface area (Å²) in [5.74, 6) is -0.151. The molecule has 150 valence electrons. The third kappa shape index (κ3) is 14.4. The van der Waals surface area contributed by atoms with Crippen LogP contribution in [0.15, 0.2) is 60.7 Å². The van der Waals surface area contributed by atoms with E-state index >= 15 is 0 Å². The first-order valence-corrected chi connectivity index (χ1v) is 8.93. The van der Waals surface area contributed by atoms with E-state index in [0.29, 0.717) is 13.2 Å². The van der Waals surface area contributed by atoms with Crippen molar-refractivity contribution < 1.29 is 24.5 Å². The molecule has 0 saturated carbocycles. The highest BCUT2D eigenvalue weighted by molar-refractivity contribution is 5.67. The van der Waals surface area contributed by atoms with Crippen molar-refractivity contribution in [3.63, 3.8) is 0 Å². The van der Waals surface area contributed by atoms with Gasteiger partial charge in [-0.2, -0.15) is 0 Å². The number of methoxy groups -OCH3 is 1. The SMILES string of the molecule is CC.COCC(=O)O.OC(CNCc1ccccc1)COc1ccccc1. The lowest BCUT2D eigenvalue weighted by Crippen LogP contribution is -2.31. The van der Waals surface area contributed by atoms with E-state index in [-0.39, 0.29) is 6.61 Å². The Morgan fingerprint density at radius 2 is 1.59 bits per heavy atom. The Bertz CT molecular complexity index is 578. The van der Waals surface area contributed by atoms with Crippen molar-refractivity contribution >= 4 is 5.97 Å². The summed E-state index contributed by atoms with van der Waals surface area (Å²) in [6, 6.07) is 19.6. The molecular weight excluding hydrogens is 346 g/mol. The average molecular weight is 377 g/mol. The molecule has 0 aliphatic carbocycles. The number of hydrogen-bond donors (Lipinski definition) is 3. The van der Waals surface area contributed by atoms with Crippen LogP contribution in [-0.4, -0.2) is 49.2 Å². The van der Waals surface area contributed by atoms with Crippen LogP contribution in [0.4, 0.5) is 0 Å². The van der Waals surface area contributed by atoms with Gasteiger partial charge in [-0.1, -0.05) is 62.4 Å². The fourth-order valence-electron chi connectivity index (χ4n) is 1.87. The fourth-order valence-corrected chi connectivity index (χ4v) is 1.87. The van der Waals surface area contributed by atoms with E-state index in [2.05, 4.69) is 22.2 Å². The van der Waals surface area contributed by atoms with E-state index in [4.69, 9.17) is 9.84 Å². The lowest BCUT2D eigenvalue weighted by Gasteiger charge is -2.13. The van der Waals surface area contributed by atoms with Crippen molar-refractivity contribution in [1.29, 1.82) is 0 Å². The minimum atomic E-state index is -0.933. The van der Waals surface area contributed by atoms with E-state index in [9.17, 15) is 9.90 Å². The van der Waals surface area contributed by atoms with Crippen LogP contribution in [0, 0.1) is 0 Å². The predicted molar refractivity (Wildman–Crippen MR) is 107 cm³/mol. The second kappa shape index (κ2) is 17.0. The topological polar surface area (TPSA) is 88.0 Å². The molecule has 1 unspecified atom stereocenters. The maximum atomic E-state index is 9.80. The van der Waals surface area contributed by atoms with Gasteiger partial charge in [-0.3, -0.25) is 0 Å². The number of aliphatic carboxylic acids is 1. The van der Waals surface area contributed by atoms with Gasteiger partial charge in [0.25, 0.3) is 0 Å². The van der Waals surface area contributed by atoms with Gasteiger partial charge in [-0.25, -0.2) is 4.79 Å². The minimum absolute atomic E-state index is 0.208. The van der Waals surface area contributed by atoms with E-state index in [1.165, 1.54) is 12.7 Å². The van der Waals surface area contributed by atoms with Gasteiger partial charge in [0.2, 0.25) is 0 Å². The van der Waals surface area contributed by atoms with Gasteiger partial charge in [0.05, 0.1) is 0 Å². The predicted octanol–water partition coefficient (Wildman–Crippen LogP) is 2.96. The molecule has 0 saturated heterocycles. The quantitative estimate of drug-likeness (QED) is 0.623. The highest BCUT2D eigenvalue weighted by atomic mass is 16.5. The molecule has 0 bridgehead atoms. The molecule has 0 aliphatic rings. The molecule has 0 spiro atoms. The largest absolute Gasteiger partial charge is 0.491 e. The standard InChI is InChI=1S/C16H19NO2.C3H6O3.C2H6/c18-15(13-19-16-9-5-2-6-10-16)12-17-11-14-7-3-1-4-8-14;1-6-2-3(4)5;1-2/h1-10,15,17-18H,11-13H2;2H2,1H3,(H,4,5);1-2H3. The number of para-hydroxylation sites is 1. The number of nitrogens with one attached hydrogen (secondary N) is 1. The van der Waals surface area contributed by atoms with Crippen molar-refractivity contribution in [2.75, 3.05) is 26.9 Å². The van der Waals surface area contributed by atoms with E-state index in [1.54, 1.807) is 0 Å². The van der Waals surface area contributed by atoms with Gasteiger partial charge in [0, 0.05) is 20.2 Å². The Morgan fingerprint density at radius 1 is 1.04 bits per heavy atom. The van der Waals surface area contributed by atoms with Crippen LogP contribution >= 0.6 is 0 Å². The molecular formula is C21H31NO5. The molecule has 0 radical (unpaired) electrons. The summed E-state index contributed by atoms with van der Waals surface area (Å²) in [5.41, 5.74) is 1.21. The molecule has 0 aromatic heterocycles. The Hall–Kier alpha value is -2.41. The molecule has 0 amide bonds. The van der Waals surface area contributed by atoms with Crippen LogP contribution in [0.25, 0.3) is 0 Å². The van der Waals surface area contributed by atoms with Gasteiger partial charge in [0.15, 0.2) is 0 Å². The molecule has 1 atom stereocenters. The monoisotopic (exact) mass is 377 g/mol. The Kier molecular flexibility index (Phi) is 15.5. The first kappa shape index (κ1) is 24.6. The van der Waals surface area contributed by atoms with Crippen molar-refractivity contribution in [1.82, 2.24) is 5.32 Å². The summed E-state index contributed by atoms with van der Waals surface area (Å²) >= 11 is 0. The number of carbonyl (C=O) groups is 1. The Balaban J connectivity index is 0.000000722. The Labute approximate surface area is 161 Å². The van der Waals surface area contributed by atoms with Crippen LogP contribution in [0.2, 0.25) is 0 Å². The van der Waals surface area contributed by atoms with Crippen LogP contribution in [0.1, 0.15) is 19.4 Å². The van der Waals surface area contributed by atoms with E-state index < -0.39 is 12.1 Å². The smallest absolute Gasteiger partial charge is 0.329 e. The fraction of sp³-hybridized carbons (Fsp3) is 0.381. The normalized spacial score (nSPS) is 10.5. The van der Waals surface area contributed by atoms with E-state index in [0.717, 1.165) is 12.3 Å². The number of carboxylic acids is 1. The third-order valence-corrected chi connectivity index (χ3v) is 3.01. The Morgan fingerprint density at radius 3 is 2.07 bits per heavy atom. The zero-order chi connectivity index (χ0) is 20.3. The molecule has 0 fully saturated rings. The summed E-state index contributed by atoms with van der Waals surface area (Å²) in [6.07, 6.45) is -0.510. The zero-order valence-corrected chi connectivity index (χ0v) is 16.3. The molecule has 2 aromatic rings. The number of benzene rings is 2. The van der Waals surface area contributed by atoms with E-state index in [1.807, 2.05) is 62.4 Å². The highest BCUT2D eigenvalue weighted by Crippen LogP contribution is 2.08. The summed E-state index contributed by atoms with van der Waals surface area (Å²) in [7, 11) is 1.34. The average Bonchev–Trinajstić information content (AvgIpc) is 2.70. The van der Waals surface area contributed by atoms with Gasteiger partial charge in [-0.15, -0.1) is 0 Å². The van der Waals surface area contributed by atoms with Gasteiger partial charge < -0.3 is 25.0 Å². The maximum Gasteiger partial charge on any atom is 0.329 e. The summed E-state index contributed by atoms with van der Waals surface area (Å²) in [6.45, 7) is 5.36. The van der Waals surface area contributed by atoms with Crippen molar-refractivity contribution in [2.45, 2.75) is 26.5 Å². The number of carboxylic acid groups (broad SMARTS) is 1. The maximum absolute atomic E-state index is 9.80. The van der Waals surface area contributed by atoms with Crippen molar-refractivity contribution in [3.8, 4) is 5.75 Å². The first-order valence-electron chi connectivity index (χ1n) is 8.93. The highest BCUT2D eigenvalue weighted by Gasteiger charge is 2.04. The number of aliphatic hydroxyl groups is 1. The molecule has 3 N–H and O–H groups in total. The van der Waals surface area contributed by atoms with Crippen molar-refractivity contribution in [2.24, 2.45) is 0 Å². The number of hydrogen-bond acceptors (Lipinski definition) is 5. The molecule has 27 heavy (non-hydrogen) atoms. The van der Waals surface area contributed by atoms with Gasteiger partial charge >= 0.3 is 5.97 Å². The summed E-state index contributed by atoms with van der Waals surface area (Å²) < 4.78 is 9.68.